The quantitative estimate of drug-likeness (QED) is 0.308. The van der Waals surface area contributed by atoms with E-state index in [2.05, 4.69) is 20.4 Å². The number of aromatic nitrogens is 5. The lowest BCUT2D eigenvalue weighted by Crippen LogP contribution is -2.33. The van der Waals surface area contributed by atoms with E-state index in [-0.39, 0.29) is 34.1 Å². The fourth-order valence-electron chi connectivity index (χ4n) is 4.67. The number of hydrogen-bond donors (Lipinski definition) is 2. The monoisotopic (exact) mass is 532 g/mol. The Morgan fingerprint density at radius 1 is 1.08 bits per heavy atom. The Hall–Kier alpha value is -4.64. The maximum atomic E-state index is 15.2. The zero-order valence-electron chi connectivity index (χ0n) is 21.5. The zero-order valence-corrected chi connectivity index (χ0v) is 21.5. The molecule has 1 amide bonds. The summed E-state index contributed by atoms with van der Waals surface area (Å²) >= 11 is 0. The average molecular weight is 533 g/mol. The van der Waals surface area contributed by atoms with Crippen molar-refractivity contribution >= 4 is 17.5 Å². The lowest BCUT2D eigenvalue weighted by molar-refractivity contribution is 0.102. The van der Waals surface area contributed by atoms with Crippen molar-refractivity contribution in [3.05, 3.63) is 107 Å². The van der Waals surface area contributed by atoms with Crippen molar-refractivity contribution in [2.45, 2.75) is 32.4 Å². The van der Waals surface area contributed by atoms with Gasteiger partial charge in [-0.1, -0.05) is 43.3 Å². The number of anilines is 1. The van der Waals surface area contributed by atoms with Crippen LogP contribution in [0.1, 0.15) is 46.7 Å². The van der Waals surface area contributed by atoms with Gasteiger partial charge >= 0.3 is 0 Å². The minimum absolute atomic E-state index is 0.0307. The number of halogens is 2. The fourth-order valence-corrected chi connectivity index (χ4v) is 4.67. The van der Waals surface area contributed by atoms with Gasteiger partial charge in [0.05, 0.1) is 12.7 Å². The molecule has 0 unspecified atom stereocenters. The van der Waals surface area contributed by atoms with Crippen LogP contribution in [0, 0.1) is 11.6 Å². The Kier molecular flexibility index (Phi) is 6.83. The minimum Gasteiger partial charge on any atom is -0.496 e. The van der Waals surface area contributed by atoms with Crippen LogP contribution < -0.4 is 10.1 Å². The molecule has 0 saturated heterocycles. The number of ether oxygens (including phenoxy) is 1. The number of fused-ring (bicyclic) bond motifs is 1. The second-order valence-electron chi connectivity index (χ2n) is 8.79. The molecule has 2 aromatic carbocycles. The number of benzene rings is 2. The summed E-state index contributed by atoms with van der Waals surface area (Å²) in [6, 6.07) is 12.8. The Morgan fingerprint density at radius 3 is 2.26 bits per heavy atom. The van der Waals surface area contributed by atoms with Gasteiger partial charge in [0.25, 0.3) is 5.91 Å². The molecule has 200 valence electrons. The largest absolute Gasteiger partial charge is 0.496 e. The molecule has 0 aliphatic rings. The van der Waals surface area contributed by atoms with Gasteiger partial charge in [-0.15, -0.1) is 5.10 Å². The van der Waals surface area contributed by atoms with E-state index in [0.29, 0.717) is 24.3 Å². The number of aryl methyl sites for hydroxylation is 2. The van der Waals surface area contributed by atoms with E-state index in [1.807, 2.05) is 13.8 Å². The van der Waals surface area contributed by atoms with E-state index in [1.165, 1.54) is 62.1 Å². The molecule has 5 aromatic rings. The maximum absolute atomic E-state index is 15.2. The second-order valence-corrected chi connectivity index (χ2v) is 8.79. The van der Waals surface area contributed by atoms with Gasteiger partial charge < -0.3 is 14.2 Å². The number of nitrogens with one attached hydrogen (secondary N) is 1. The molecule has 0 spiro atoms. The molecule has 5 rings (SSSR count). The zero-order chi connectivity index (χ0) is 27.7. The number of amides is 1. The highest BCUT2D eigenvalue weighted by molar-refractivity contribution is 6.05. The van der Waals surface area contributed by atoms with Gasteiger partial charge in [-0.05, 0) is 25.5 Å². The van der Waals surface area contributed by atoms with E-state index in [9.17, 15) is 9.90 Å². The van der Waals surface area contributed by atoms with Crippen LogP contribution in [0.4, 0.5) is 14.7 Å². The standard InChI is InChI=1S/C28H26F2N6O3/c1-4-22-25(28(38,18-10-6-8-12-20(18)29)19-11-7-9-13-21(19)30)32-24-14-23(39-3)17(15-36(22)24)26(37)33-27-31-16-35(5-2)34-27/h6-16,38H,4-5H2,1-3H3,(H,33,34,37). The van der Waals surface area contributed by atoms with Crippen molar-refractivity contribution in [1.29, 1.82) is 0 Å². The summed E-state index contributed by atoms with van der Waals surface area (Å²) in [4.78, 5) is 21.9. The highest BCUT2D eigenvalue weighted by atomic mass is 19.1. The van der Waals surface area contributed by atoms with Crippen LogP contribution in [0.25, 0.3) is 5.65 Å². The molecule has 0 aliphatic carbocycles. The summed E-state index contributed by atoms with van der Waals surface area (Å²) in [5, 5.41) is 19.1. The van der Waals surface area contributed by atoms with Gasteiger partial charge in [-0.25, -0.2) is 18.7 Å². The Labute approximate surface area is 222 Å². The number of imidazole rings is 1. The second kappa shape index (κ2) is 10.3. The molecule has 11 heteroatoms. The number of carbonyl (C=O) groups is 1. The van der Waals surface area contributed by atoms with Crippen LogP contribution in [0.2, 0.25) is 0 Å². The number of methoxy groups -OCH3 is 1. The third kappa shape index (κ3) is 4.40. The van der Waals surface area contributed by atoms with Crippen molar-refractivity contribution < 1.29 is 23.4 Å². The van der Waals surface area contributed by atoms with E-state index in [0.717, 1.165) is 0 Å². The van der Waals surface area contributed by atoms with Crippen molar-refractivity contribution in [3.63, 3.8) is 0 Å². The minimum atomic E-state index is -2.28. The highest BCUT2D eigenvalue weighted by Gasteiger charge is 2.42. The third-order valence-corrected chi connectivity index (χ3v) is 6.58. The van der Waals surface area contributed by atoms with Crippen LogP contribution >= 0.6 is 0 Å². The molecule has 9 nitrogen and oxygen atoms in total. The Balaban J connectivity index is 1.72. The molecule has 0 aliphatic heterocycles. The first-order valence-electron chi connectivity index (χ1n) is 12.3. The van der Waals surface area contributed by atoms with E-state index < -0.39 is 23.1 Å². The molecular weight excluding hydrogens is 506 g/mol. The molecule has 0 radical (unpaired) electrons. The molecule has 39 heavy (non-hydrogen) atoms. The first-order valence-corrected chi connectivity index (χ1v) is 12.3. The topological polar surface area (TPSA) is 107 Å². The Bertz CT molecular complexity index is 1630. The van der Waals surface area contributed by atoms with Crippen molar-refractivity contribution in [1.82, 2.24) is 24.1 Å². The van der Waals surface area contributed by atoms with Gasteiger partial charge in [0.1, 0.15) is 35.1 Å². The first kappa shape index (κ1) is 26.0. The van der Waals surface area contributed by atoms with Gasteiger partial charge in [-0.2, -0.15) is 0 Å². The first-order chi connectivity index (χ1) is 18.8. The number of hydrogen-bond acceptors (Lipinski definition) is 6. The molecule has 0 atom stereocenters. The molecule has 0 saturated carbocycles. The van der Waals surface area contributed by atoms with Crippen LogP contribution in [-0.2, 0) is 18.6 Å². The highest BCUT2D eigenvalue weighted by Crippen LogP contribution is 2.41. The van der Waals surface area contributed by atoms with Gasteiger partial charge in [0.2, 0.25) is 5.95 Å². The predicted octanol–water partition coefficient (Wildman–Crippen LogP) is 4.33. The van der Waals surface area contributed by atoms with Gasteiger partial charge in [0, 0.05) is 35.6 Å². The summed E-state index contributed by atoms with van der Waals surface area (Å²) in [5.41, 5.74) is -1.65. The van der Waals surface area contributed by atoms with Crippen molar-refractivity contribution in [2.75, 3.05) is 12.4 Å². The summed E-state index contributed by atoms with van der Waals surface area (Å²) < 4.78 is 39.0. The van der Waals surface area contributed by atoms with Crippen LogP contribution in [0.3, 0.4) is 0 Å². The predicted molar refractivity (Wildman–Crippen MR) is 140 cm³/mol. The van der Waals surface area contributed by atoms with Crippen LogP contribution in [-0.4, -0.2) is 42.3 Å². The normalized spacial score (nSPS) is 11.6. The molecular formula is C28H26F2N6O3. The van der Waals surface area contributed by atoms with Crippen LogP contribution in [0.5, 0.6) is 5.75 Å². The molecule has 3 heterocycles. The number of rotatable bonds is 8. The molecule has 2 N–H and O–H groups in total. The summed E-state index contributed by atoms with van der Waals surface area (Å²) in [6.07, 6.45) is 3.33. The average Bonchev–Trinajstić information content (AvgIpc) is 3.56. The number of pyridine rings is 1. The summed E-state index contributed by atoms with van der Waals surface area (Å²) in [5.74, 6) is -1.65. The number of carbonyl (C=O) groups excluding carboxylic acids is 1. The fraction of sp³-hybridized carbons (Fsp3) is 0.214. The molecule has 0 fully saturated rings. The summed E-state index contributed by atoms with van der Waals surface area (Å²) in [7, 11) is 1.41. The summed E-state index contributed by atoms with van der Waals surface area (Å²) in [6.45, 7) is 4.30. The maximum Gasteiger partial charge on any atom is 0.263 e. The number of aliphatic hydroxyl groups is 1. The van der Waals surface area contributed by atoms with Crippen LogP contribution in [0.15, 0.2) is 67.1 Å². The smallest absolute Gasteiger partial charge is 0.263 e. The van der Waals surface area contributed by atoms with Gasteiger partial charge in [-0.3, -0.25) is 14.8 Å². The van der Waals surface area contributed by atoms with Crippen molar-refractivity contribution in [2.24, 2.45) is 0 Å². The molecule has 3 aromatic heterocycles. The number of nitrogens with zero attached hydrogens (tertiary/aromatic N) is 5. The van der Waals surface area contributed by atoms with Crippen molar-refractivity contribution in [3.8, 4) is 5.75 Å². The lowest BCUT2D eigenvalue weighted by atomic mass is 9.81. The van der Waals surface area contributed by atoms with E-state index >= 15 is 8.78 Å². The Morgan fingerprint density at radius 2 is 1.72 bits per heavy atom. The SMILES string of the molecule is CCc1c(C(O)(c2ccccc2F)c2ccccc2F)nc2cc(OC)c(C(=O)Nc3ncn(CC)n3)cn12. The van der Waals surface area contributed by atoms with E-state index in [4.69, 9.17) is 4.74 Å². The lowest BCUT2D eigenvalue weighted by Gasteiger charge is -2.29. The van der Waals surface area contributed by atoms with E-state index in [1.54, 1.807) is 21.2 Å². The third-order valence-electron chi connectivity index (χ3n) is 6.58. The molecule has 0 bridgehead atoms. The van der Waals surface area contributed by atoms with Gasteiger partial charge in [0.15, 0.2) is 5.60 Å².